The summed E-state index contributed by atoms with van der Waals surface area (Å²) in [5.74, 6) is 0.226. The van der Waals surface area contributed by atoms with E-state index in [1.165, 1.54) is 24.4 Å². The number of rotatable bonds is 4. The van der Waals surface area contributed by atoms with Crippen LogP contribution in [-0.4, -0.2) is 33.6 Å². The first kappa shape index (κ1) is 15.7. The Bertz CT molecular complexity index is 725. The number of carboxylic acids is 1. The maximum atomic E-state index is 13.2. The molecule has 1 saturated heterocycles. The summed E-state index contributed by atoms with van der Waals surface area (Å²) in [6, 6.07) is 4.14. The number of hydrogen-bond acceptors (Lipinski definition) is 5. The number of nitrogens with one attached hydrogen (secondary N) is 1. The number of terminal acetylenes is 1. The van der Waals surface area contributed by atoms with Crippen molar-refractivity contribution in [3.63, 3.8) is 0 Å². The van der Waals surface area contributed by atoms with E-state index in [9.17, 15) is 14.0 Å². The number of carbonyl (C=O) groups is 2. The van der Waals surface area contributed by atoms with Crippen molar-refractivity contribution >= 4 is 35.0 Å². The molecule has 2 N–H and O–H groups in total. The fourth-order valence-electron chi connectivity index (χ4n) is 1.63. The lowest BCUT2D eigenvalue weighted by Crippen LogP contribution is -2.26. The Balaban J connectivity index is 2.05. The van der Waals surface area contributed by atoms with Gasteiger partial charge in [0.05, 0.1) is 18.2 Å². The van der Waals surface area contributed by atoms with Crippen LogP contribution in [0.15, 0.2) is 28.4 Å². The molecule has 2 rings (SSSR count). The van der Waals surface area contributed by atoms with Crippen LogP contribution >= 0.6 is 11.8 Å². The third-order valence-electron chi connectivity index (χ3n) is 2.64. The molecule has 1 aliphatic rings. The number of aliphatic carboxylic acids is 1. The number of carbonyl (C=O) groups excluding carboxylic acids is 1. The number of amides is 1. The van der Waals surface area contributed by atoms with Gasteiger partial charge in [0, 0.05) is 0 Å². The van der Waals surface area contributed by atoms with Crippen LogP contribution in [0.4, 0.5) is 4.39 Å². The largest absolute Gasteiger partial charge is 0.481 e. The molecule has 0 aliphatic carbocycles. The lowest BCUT2D eigenvalue weighted by molar-refractivity contribution is -0.138. The van der Waals surface area contributed by atoms with Crippen LogP contribution in [0.2, 0.25) is 0 Å². The molecule has 1 amide bonds. The Kier molecular flexibility index (Phi) is 4.91. The average molecular weight is 319 g/mol. The molecule has 1 fully saturated rings. The van der Waals surface area contributed by atoms with E-state index in [0.717, 1.165) is 11.8 Å². The van der Waals surface area contributed by atoms with Crippen molar-refractivity contribution in [3.05, 3.63) is 35.1 Å². The Hall–Kier alpha value is -2.66. The molecule has 22 heavy (non-hydrogen) atoms. The highest BCUT2D eigenvalue weighted by molar-refractivity contribution is 8.15. The predicted molar refractivity (Wildman–Crippen MR) is 81.1 cm³/mol. The highest BCUT2D eigenvalue weighted by Crippen LogP contribution is 2.22. The molecule has 0 aromatic heterocycles. The molecular formula is C14H10FN3O3S. The van der Waals surface area contributed by atoms with Gasteiger partial charge in [-0.2, -0.15) is 5.10 Å². The number of halogens is 1. The standard InChI is InChI=1S/C14H10FN3O3S/c1-2-9-5-8(3-4-10(9)15)7-16-18-14-17-13(21)11(22-14)6-12(19)20/h1,3-5,7,11H,6H2,(H,19,20)(H,17,18,21). The van der Waals surface area contributed by atoms with E-state index in [1.807, 2.05) is 0 Å². The van der Waals surface area contributed by atoms with Gasteiger partial charge in [-0.15, -0.1) is 11.5 Å². The number of thioether (sulfide) groups is 1. The van der Waals surface area contributed by atoms with Crippen molar-refractivity contribution in [2.24, 2.45) is 10.2 Å². The first-order valence-electron chi connectivity index (χ1n) is 6.06. The van der Waals surface area contributed by atoms with Crippen LogP contribution in [-0.2, 0) is 9.59 Å². The van der Waals surface area contributed by atoms with Crippen molar-refractivity contribution in [1.82, 2.24) is 5.32 Å². The lowest BCUT2D eigenvalue weighted by Gasteiger charge is -1.98. The highest BCUT2D eigenvalue weighted by atomic mass is 32.2. The zero-order chi connectivity index (χ0) is 16.1. The number of hydrogen-bond donors (Lipinski definition) is 2. The van der Waals surface area contributed by atoms with Gasteiger partial charge in [-0.25, -0.2) is 4.39 Å². The van der Waals surface area contributed by atoms with Crippen LogP contribution in [0.5, 0.6) is 0 Å². The predicted octanol–water partition coefficient (Wildman–Crippen LogP) is 1.20. The van der Waals surface area contributed by atoms with Crippen molar-refractivity contribution < 1.29 is 19.1 Å². The van der Waals surface area contributed by atoms with Gasteiger partial charge in [0.15, 0.2) is 5.17 Å². The van der Waals surface area contributed by atoms with Gasteiger partial charge in [-0.3, -0.25) is 9.59 Å². The second kappa shape index (κ2) is 6.87. The topological polar surface area (TPSA) is 91.1 Å². The first-order chi connectivity index (χ1) is 10.5. The van der Waals surface area contributed by atoms with E-state index in [-0.39, 0.29) is 17.2 Å². The maximum absolute atomic E-state index is 13.2. The SMILES string of the molecule is C#Cc1cc(C=NN=C2NC(=O)C(CC(=O)O)S2)ccc1F. The van der Waals surface area contributed by atoms with Gasteiger partial charge in [0.2, 0.25) is 5.91 Å². The van der Waals surface area contributed by atoms with Crippen LogP contribution in [0.3, 0.4) is 0 Å². The zero-order valence-corrected chi connectivity index (χ0v) is 11.9. The molecule has 0 radical (unpaired) electrons. The summed E-state index contributed by atoms with van der Waals surface area (Å²) in [5, 5.41) is 18.1. The maximum Gasteiger partial charge on any atom is 0.305 e. The smallest absolute Gasteiger partial charge is 0.305 e. The third-order valence-corrected chi connectivity index (χ3v) is 3.71. The lowest BCUT2D eigenvalue weighted by atomic mass is 10.1. The Morgan fingerprint density at radius 1 is 1.59 bits per heavy atom. The van der Waals surface area contributed by atoms with Crippen LogP contribution < -0.4 is 5.32 Å². The van der Waals surface area contributed by atoms with Gasteiger partial charge in [-0.05, 0) is 17.7 Å². The fourth-order valence-corrected chi connectivity index (χ4v) is 2.54. The van der Waals surface area contributed by atoms with Crippen LogP contribution in [0.1, 0.15) is 17.5 Å². The molecule has 1 atom stereocenters. The molecule has 6 nitrogen and oxygen atoms in total. The van der Waals surface area contributed by atoms with E-state index in [2.05, 4.69) is 21.4 Å². The molecule has 0 bridgehead atoms. The van der Waals surface area contributed by atoms with Gasteiger partial charge in [0.1, 0.15) is 11.1 Å². The molecule has 1 aromatic rings. The molecule has 1 aliphatic heterocycles. The van der Waals surface area contributed by atoms with Crippen LogP contribution in [0, 0.1) is 18.2 Å². The summed E-state index contributed by atoms with van der Waals surface area (Å²) in [7, 11) is 0. The summed E-state index contributed by atoms with van der Waals surface area (Å²) >= 11 is 0.995. The number of amidine groups is 1. The molecule has 112 valence electrons. The normalized spacial score (nSPS) is 19.4. The summed E-state index contributed by atoms with van der Waals surface area (Å²) in [6.07, 6.45) is 6.22. The van der Waals surface area contributed by atoms with E-state index in [0.29, 0.717) is 5.56 Å². The van der Waals surface area contributed by atoms with E-state index in [4.69, 9.17) is 11.5 Å². The Morgan fingerprint density at radius 3 is 3.05 bits per heavy atom. The number of nitrogens with zero attached hydrogens (tertiary/aromatic N) is 2. The summed E-state index contributed by atoms with van der Waals surface area (Å²) < 4.78 is 13.2. The van der Waals surface area contributed by atoms with Crippen molar-refractivity contribution in [3.8, 4) is 12.3 Å². The Labute approximate surface area is 129 Å². The minimum absolute atomic E-state index is 0.113. The zero-order valence-electron chi connectivity index (χ0n) is 11.1. The second-order valence-electron chi connectivity index (χ2n) is 4.23. The molecule has 0 saturated carbocycles. The monoisotopic (exact) mass is 319 g/mol. The van der Waals surface area contributed by atoms with Gasteiger partial charge in [0.25, 0.3) is 0 Å². The molecule has 1 unspecified atom stereocenters. The minimum atomic E-state index is -1.06. The van der Waals surface area contributed by atoms with Crippen molar-refractivity contribution in [1.29, 1.82) is 0 Å². The van der Waals surface area contributed by atoms with E-state index in [1.54, 1.807) is 0 Å². The van der Waals surface area contributed by atoms with Crippen molar-refractivity contribution in [2.45, 2.75) is 11.7 Å². The van der Waals surface area contributed by atoms with E-state index < -0.39 is 22.9 Å². The molecule has 8 heteroatoms. The number of carboxylic acid groups (broad SMARTS) is 1. The van der Waals surface area contributed by atoms with Gasteiger partial charge < -0.3 is 10.4 Å². The summed E-state index contributed by atoms with van der Waals surface area (Å²) in [5.41, 5.74) is 0.664. The minimum Gasteiger partial charge on any atom is -0.481 e. The van der Waals surface area contributed by atoms with Gasteiger partial charge >= 0.3 is 5.97 Å². The highest BCUT2D eigenvalue weighted by Gasteiger charge is 2.32. The summed E-state index contributed by atoms with van der Waals surface area (Å²) in [4.78, 5) is 22.1. The van der Waals surface area contributed by atoms with Crippen LogP contribution in [0.25, 0.3) is 0 Å². The fraction of sp³-hybridized carbons (Fsp3) is 0.143. The van der Waals surface area contributed by atoms with E-state index >= 15 is 0 Å². The van der Waals surface area contributed by atoms with Crippen molar-refractivity contribution in [2.75, 3.05) is 0 Å². The molecule has 0 spiro atoms. The average Bonchev–Trinajstić information content (AvgIpc) is 2.80. The number of benzene rings is 1. The quantitative estimate of drug-likeness (QED) is 0.496. The second-order valence-corrected chi connectivity index (χ2v) is 5.42. The molecular weight excluding hydrogens is 309 g/mol. The molecule has 1 aromatic carbocycles. The first-order valence-corrected chi connectivity index (χ1v) is 6.94. The summed E-state index contributed by atoms with van der Waals surface area (Å²) in [6.45, 7) is 0. The third kappa shape index (κ3) is 3.93. The Morgan fingerprint density at radius 2 is 2.36 bits per heavy atom. The molecule has 1 heterocycles. The van der Waals surface area contributed by atoms with Gasteiger partial charge in [-0.1, -0.05) is 23.7 Å².